The van der Waals surface area contributed by atoms with Gasteiger partial charge in [-0.15, -0.1) is 11.3 Å². The Labute approximate surface area is 195 Å². The van der Waals surface area contributed by atoms with Gasteiger partial charge in [-0.3, -0.25) is 4.79 Å². The predicted octanol–water partition coefficient (Wildman–Crippen LogP) is 3.72. The summed E-state index contributed by atoms with van der Waals surface area (Å²) in [5, 5.41) is 14.6. The fourth-order valence-corrected chi connectivity index (χ4v) is 5.81. The molecule has 0 unspecified atom stereocenters. The smallest absolute Gasteiger partial charge is 0.261 e. The Kier molecular flexibility index (Phi) is 7.78. The Hall–Kier alpha value is -2.59. The van der Waals surface area contributed by atoms with Gasteiger partial charge in [0.05, 0.1) is 21.8 Å². The molecule has 170 valence electrons. The number of amides is 1. The minimum atomic E-state index is -3.78. The quantitative estimate of drug-likeness (QED) is 0.469. The number of hydrogen-bond acceptors (Lipinski definition) is 7. The van der Waals surface area contributed by atoms with Crippen LogP contribution in [0.4, 0.5) is 0 Å². The largest absolute Gasteiger partial charge is 0.497 e. The highest BCUT2D eigenvalue weighted by Gasteiger charge is 2.25. The number of halogens is 1. The van der Waals surface area contributed by atoms with Crippen LogP contribution < -0.4 is 14.8 Å². The van der Waals surface area contributed by atoms with Crippen molar-refractivity contribution in [2.45, 2.75) is 22.8 Å². The average Bonchev–Trinajstić information content (AvgIpc) is 3.19. The minimum Gasteiger partial charge on any atom is -0.497 e. The number of ether oxygens (including phenoxy) is 2. The molecule has 3 aromatic rings. The van der Waals surface area contributed by atoms with E-state index in [1.165, 1.54) is 29.6 Å². The second-order valence-corrected chi connectivity index (χ2v) is 10.1. The number of carbonyl (C=O) groups excluding carboxylic acids is 1. The molecule has 7 nitrogen and oxygen atoms in total. The zero-order chi connectivity index (χ0) is 23.3. The first-order valence-electron chi connectivity index (χ1n) is 9.54. The maximum Gasteiger partial charge on any atom is 0.261 e. The Morgan fingerprint density at radius 1 is 1.12 bits per heavy atom. The van der Waals surface area contributed by atoms with Crippen LogP contribution in [0.15, 0.2) is 63.7 Å². The molecule has 2 N–H and O–H groups in total. The first-order valence-corrected chi connectivity index (χ1v) is 12.3. The average molecular weight is 496 g/mol. The lowest BCUT2D eigenvalue weighted by molar-refractivity contribution is 0.0846. The molecule has 0 aliphatic heterocycles. The molecule has 0 radical (unpaired) electrons. The summed E-state index contributed by atoms with van der Waals surface area (Å²) in [6, 6.07) is 12.7. The van der Waals surface area contributed by atoms with Crippen LogP contribution in [-0.4, -0.2) is 45.8 Å². The van der Waals surface area contributed by atoms with Crippen LogP contribution >= 0.6 is 22.9 Å². The molecule has 0 saturated heterocycles. The molecule has 1 atom stereocenters. The number of sulfone groups is 1. The van der Waals surface area contributed by atoms with E-state index in [1.807, 2.05) is 0 Å². The Morgan fingerprint density at radius 2 is 1.75 bits per heavy atom. The van der Waals surface area contributed by atoms with E-state index in [1.54, 1.807) is 38.3 Å². The number of aliphatic hydroxyl groups is 1. The monoisotopic (exact) mass is 495 g/mol. The molecule has 3 rings (SSSR count). The van der Waals surface area contributed by atoms with E-state index in [2.05, 4.69) is 5.32 Å². The van der Waals surface area contributed by atoms with Crippen molar-refractivity contribution in [3.05, 3.63) is 69.4 Å². The molecule has 1 heterocycles. The van der Waals surface area contributed by atoms with E-state index in [0.29, 0.717) is 22.1 Å². The molecule has 2 aromatic carbocycles. The van der Waals surface area contributed by atoms with Crippen LogP contribution in [-0.2, 0) is 9.84 Å². The number of methoxy groups -OCH3 is 1. The van der Waals surface area contributed by atoms with Gasteiger partial charge in [0.15, 0.2) is 0 Å². The van der Waals surface area contributed by atoms with E-state index in [4.69, 9.17) is 21.1 Å². The molecule has 32 heavy (non-hydrogen) atoms. The molecular weight excluding hydrogens is 474 g/mol. The minimum absolute atomic E-state index is 0.0216. The van der Waals surface area contributed by atoms with Crippen LogP contribution in [0, 0.1) is 6.92 Å². The Morgan fingerprint density at radius 3 is 2.38 bits per heavy atom. The van der Waals surface area contributed by atoms with Crippen molar-refractivity contribution >= 4 is 38.7 Å². The van der Waals surface area contributed by atoms with Gasteiger partial charge in [0.1, 0.15) is 24.2 Å². The number of nitrogens with one attached hydrogen (secondary N) is 1. The second kappa shape index (κ2) is 10.4. The molecule has 10 heteroatoms. The van der Waals surface area contributed by atoms with Crippen molar-refractivity contribution in [2.24, 2.45) is 0 Å². The van der Waals surface area contributed by atoms with E-state index in [9.17, 15) is 18.3 Å². The molecule has 0 bridgehead atoms. The number of rotatable bonds is 9. The van der Waals surface area contributed by atoms with Gasteiger partial charge in [-0.25, -0.2) is 8.42 Å². The van der Waals surface area contributed by atoms with E-state index < -0.39 is 21.8 Å². The third-order valence-electron chi connectivity index (χ3n) is 4.61. The SMILES string of the molecule is COc1ccc(OC[C@@H](O)CNC(=O)c2scc(S(=O)(=O)c3ccc(Cl)cc3)c2C)cc1. The lowest BCUT2D eigenvalue weighted by Crippen LogP contribution is -2.35. The third kappa shape index (κ3) is 5.60. The third-order valence-corrected chi connectivity index (χ3v) is 7.99. The summed E-state index contributed by atoms with van der Waals surface area (Å²) in [5.74, 6) is 0.782. The van der Waals surface area contributed by atoms with Crippen molar-refractivity contribution in [1.29, 1.82) is 0 Å². The van der Waals surface area contributed by atoms with Crippen LogP contribution in [0.5, 0.6) is 11.5 Å². The fraction of sp³-hybridized carbons (Fsp3) is 0.227. The van der Waals surface area contributed by atoms with Crippen LogP contribution in [0.3, 0.4) is 0 Å². The van der Waals surface area contributed by atoms with Gasteiger partial charge in [0.25, 0.3) is 5.91 Å². The normalized spacial score (nSPS) is 12.2. The Balaban J connectivity index is 1.59. The molecule has 0 spiro atoms. The number of thiophene rings is 1. The summed E-state index contributed by atoms with van der Waals surface area (Å²) in [6.45, 7) is 1.51. The molecule has 0 aliphatic rings. The summed E-state index contributed by atoms with van der Waals surface area (Å²) in [5.41, 5.74) is 0.353. The zero-order valence-corrected chi connectivity index (χ0v) is 19.8. The van der Waals surface area contributed by atoms with E-state index >= 15 is 0 Å². The highest BCUT2D eigenvalue weighted by atomic mass is 35.5. The van der Waals surface area contributed by atoms with Crippen LogP contribution in [0.25, 0.3) is 0 Å². The van der Waals surface area contributed by atoms with E-state index in [-0.39, 0.29) is 27.8 Å². The van der Waals surface area contributed by atoms with Crippen molar-refractivity contribution in [3.63, 3.8) is 0 Å². The van der Waals surface area contributed by atoms with Crippen molar-refractivity contribution in [2.75, 3.05) is 20.3 Å². The molecule has 1 aromatic heterocycles. The molecule has 0 aliphatic carbocycles. The predicted molar refractivity (Wildman–Crippen MR) is 123 cm³/mol. The van der Waals surface area contributed by atoms with Crippen LogP contribution in [0.1, 0.15) is 15.2 Å². The number of carbonyl (C=O) groups is 1. The first kappa shape index (κ1) is 24.1. The summed E-state index contributed by atoms with van der Waals surface area (Å²) < 4.78 is 36.4. The summed E-state index contributed by atoms with van der Waals surface area (Å²) in [7, 11) is -2.22. The van der Waals surface area contributed by atoms with Gasteiger partial charge in [0.2, 0.25) is 9.84 Å². The zero-order valence-electron chi connectivity index (χ0n) is 17.4. The van der Waals surface area contributed by atoms with Gasteiger partial charge in [-0.2, -0.15) is 0 Å². The lowest BCUT2D eigenvalue weighted by atomic mass is 10.2. The number of hydrogen-bond donors (Lipinski definition) is 2. The van der Waals surface area contributed by atoms with Crippen molar-refractivity contribution in [3.8, 4) is 11.5 Å². The molecular formula is C22H22ClNO6S2. The molecule has 0 saturated carbocycles. The number of benzene rings is 2. The van der Waals surface area contributed by atoms with Gasteiger partial charge in [0, 0.05) is 16.9 Å². The maximum absolute atomic E-state index is 12.9. The first-order chi connectivity index (χ1) is 15.2. The van der Waals surface area contributed by atoms with E-state index in [0.717, 1.165) is 11.3 Å². The summed E-state index contributed by atoms with van der Waals surface area (Å²) in [6.07, 6.45) is -0.946. The topological polar surface area (TPSA) is 102 Å². The van der Waals surface area contributed by atoms with Gasteiger partial charge < -0.3 is 19.9 Å². The standard InChI is InChI=1S/C22H22ClNO6S2/c1-14-20(32(27,28)19-9-3-15(23)4-10-19)13-31-21(14)22(26)24-11-16(25)12-30-18-7-5-17(29-2)6-8-18/h3-10,13,16,25H,11-12H2,1-2H3,(H,24,26)/t16-/m0/s1. The van der Waals surface area contributed by atoms with Gasteiger partial charge >= 0.3 is 0 Å². The second-order valence-electron chi connectivity index (χ2n) is 6.86. The molecule has 1 amide bonds. The maximum atomic E-state index is 12.9. The fourth-order valence-electron chi connectivity index (χ4n) is 2.84. The molecule has 0 fully saturated rings. The van der Waals surface area contributed by atoms with Crippen molar-refractivity contribution in [1.82, 2.24) is 5.32 Å². The highest BCUT2D eigenvalue weighted by Crippen LogP contribution is 2.31. The Bertz CT molecular complexity index is 1170. The van der Waals surface area contributed by atoms with Gasteiger partial charge in [-0.1, -0.05) is 11.6 Å². The highest BCUT2D eigenvalue weighted by molar-refractivity contribution is 7.91. The van der Waals surface area contributed by atoms with Gasteiger partial charge in [-0.05, 0) is 61.0 Å². The van der Waals surface area contributed by atoms with Crippen molar-refractivity contribution < 1.29 is 27.8 Å². The summed E-state index contributed by atoms with van der Waals surface area (Å²) in [4.78, 5) is 13.0. The number of aliphatic hydroxyl groups excluding tert-OH is 1. The summed E-state index contributed by atoms with van der Waals surface area (Å²) >= 11 is 6.87. The lowest BCUT2D eigenvalue weighted by Gasteiger charge is -2.13. The van der Waals surface area contributed by atoms with Crippen LogP contribution in [0.2, 0.25) is 5.02 Å².